The molecule has 0 unspecified atom stereocenters. The van der Waals surface area contributed by atoms with Crippen LogP contribution in [0.2, 0.25) is 0 Å². The van der Waals surface area contributed by atoms with Crippen LogP contribution in [0.25, 0.3) is 11.1 Å². The number of carboxylic acids is 2. The lowest BCUT2D eigenvalue weighted by molar-refractivity contribution is 0.0685. The van der Waals surface area contributed by atoms with Crippen LogP contribution in [-0.4, -0.2) is 36.4 Å². The number of carboxylic acid groups (broad SMARTS) is 2. The van der Waals surface area contributed by atoms with Crippen LogP contribution in [0.1, 0.15) is 20.7 Å². The fraction of sp³-hybridized carbons (Fsp3) is 0.125. The van der Waals surface area contributed by atoms with Gasteiger partial charge >= 0.3 is 11.9 Å². The summed E-state index contributed by atoms with van der Waals surface area (Å²) in [5.74, 6) is -1.45. The molecule has 2 rings (SSSR count). The fourth-order valence-electron chi connectivity index (χ4n) is 2.01. The Morgan fingerprint density at radius 2 is 1.09 bits per heavy atom. The van der Waals surface area contributed by atoms with Crippen LogP contribution in [0.5, 0.6) is 11.5 Å². The van der Waals surface area contributed by atoms with Crippen molar-refractivity contribution in [2.24, 2.45) is 0 Å². The van der Waals surface area contributed by atoms with Gasteiger partial charge in [0.2, 0.25) is 0 Å². The number of methoxy groups -OCH3 is 2. The highest BCUT2D eigenvalue weighted by Gasteiger charge is 2.12. The first-order valence-electron chi connectivity index (χ1n) is 6.29. The van der Waals surface area contributed by atoms with Gasteiger partial charge in [0.15, 0.2) is 0 Å². The number of hydrogen-bond donors (Lipinski definition) is 2. The van der Waals surface area contributed by atoms with Crippen molar-refractivity contribution in [2.75, 3.05) is 14.2 Å². The van der Waals surface area contributed by atoms with Crippen molar-refractivity contribution in [3.8, 4) is 22.6 Å². The summed E-state index contributed by atoms with van der Waals surface area (Å²) in [7, 11) is 2.86. The van der Waals surface area contributed by atoms with Crippen LogP contribution < -0.4 is 9.47 Å². The van der Waals surface area contributed by atoms with Crippen LogP contribution in [0, 0.1) is 0 Å². The molecule has 0 amide bonds. The molecule has 6 heteroatoms. The molecular weight excluding hydrogens is 288 g/mol. The molecule has 0 heterocycles. The third kappa shape index (κ3) is 3.17. The second-order valence-electron chi connectivity index (χ2n) is 4.51. The minimum Gasteiger partial charge on any atom is -0.497 e. The molecule has 0 radical (unpaired) electrons. The highest BCUT2D eigenvalue weighted by atomic mass is 16.5. The van der Waals surface area contributed by atoms with E-state index in [-0.39, 0.29) is 11.1 Å². The van der Waals surface area contributed by atoms with Crippen molar-refractivity contribution in [1.82, 2.24) is 0 Å². The van der Waals surface area contributed by atoms with Gasteiger partial charge in [-0.15, -0.1) is 0 Å². The molecule has 0 saturated heterocycles. The molecule has 0 spiro atoms. The van der Waals surface area contributed by atoms with Crippen LogP contribution in [-0.2, 0) is 0 Å². The quantitative estimate of drug-likeness (QED) is 0.882. The zero-order valence-corrected chi connectivity index (χ0v) is 12.0. The minimum atomic E-state index is -1.10. The number of ether oxygens (including phenoxy) is 2. The maximum Gasteiger partial charge on any atom is 0.335 e. The zero-order valence-electron chi connectivity index (χ0n) is 12.0. The standard InChI is InChI=1S/C16H14O6/c1-21-13-5-9(3-11(7-13)15(17)18)10-4-12(16(19)20)8-14(6-10)22-2/h3-8H,1-2H3,(H,17,18)(H,19,20). The molecule has 0 aromatic heterocycles. The summed E-state index contributed by atoms with van der Waals surface area (Å²) in [6.07, 6.45) is 0. The van der Waals surface area contributed by atoms with Gasteiger partial charge in [-0.3, -0.25) is 0 Å². The van der Waals surface area contributed by atoms with E-state index in [0.29, 0.717) is 22.6 Å². The molecule has 22 heavy (non-hydrogen) atoms. The molecule has 2 aromatic rings. The molecule has 0 saturated carbocycles. The van der Waals surface area contributed by atoms with Crippen molar-refractivity contribution >= 4 is 11.9 Å². The number of rotatable bonds is 5. The Kier molecular flexibility index (Phi) is 4.31. The van der Waals surface area contributed by atoms with E-state index >= 15 is 0 Å². The van der Waals surface area contributed by atoms with E-state index in [2.05, 4.69) is 0 Å². The van der Waals surface area contributed by atoms with Crippen LogP contribution in [0.15, 0.2) is 36.4 Å². The van der Waals surface area contributed by atoms with Gasteiger partial charge in [0, 0.05) is 0 Å². The second-order valence-corrected chi connectivity index (χ2v) is 4.51. The predicted molar refractivity (Wildman–Crippen MR) is 78.9 cm³/mol. The molecule has 0 bridgehead atoms. The third-order valence-corrected chi connectivity index (χ3v) is 3.11. The van der Waals surface area contributed by atoms with Gasteiger partial charge in [-0.1, -0.05) is 0 Å². The Labute approximate surface area is 126 Å². The smallest absolute Gasteiger partial charge is 0.335 e. The summed E-state index contributed by atoms with van der Waals surface area (Å²) < 4.78 is 10.2. The molecule has 0 aliphatic heterocycles. The van der Waals surface area contributed by atoms with Gasteiger partial charge in [0.05, 0.1) is 25.3 Å². The number of aromatic carboxylic acids is 2. The average molecular weight is 302 g/mol. The van der Waals surface area contributed by atoms with E-state index in [1.54, 1.807) is 12.1 Å². The Morgan fingerprint density at radius 3 is 1.36 bits per heavy atom. The monoisotopic (exact) mass is 302 g/mol. The zero-order chi connectivity index (χ0) is 16.3. The Morgan fingerprint density at radius 1 is 0.727 bits per heavy atom. The Bertz CT molecular complexity index is 672. The lowest BCUT2D eigenvalue weighted by atomic mass is 10.00. The van der Waals surface area contributed by atoms with E-state index in [9.17, 15) is 9.59 Å². The average Bonchev–Trinajstić information content (AvgIpc) is 2.53. The van der Waals surface area contributed by atoms with Gasteiger partial charge in [0.25, 0.3) is 0 Å². The maximum atomic E-state index is 11.2. The lowest BCUT2D eigenvalue weighted by Gasteiger charge is -2.10. The van der Waals surface area contributed by atoms with Gasteiger partial charge in [-0.05, 0) is 47.5 Å². The van der Waals surface area contributed by atoms with Crippen LogP contribution in [0.4, 0.5) is 0 Å². The summed E-state index contributed by atoms with van der Waals surface area (Å²) in [4.78, 5) is 22.4. The molecule has 6 nitrogen and oxygen atoms in total. The summed E-state index contributed by atoms with van der Waals surface area (Å²) in [5, 5.41) is 18.3. The molecule has 114 valence electrons. The predicted octanol–water partition coefficient (Wildman–Crippen LogP) is 2.77. The highest BCUT2D eigenvalue weighted by molar-refractivity contribution is 5.92. The molecule has 2 aromatic carbocycles. The van der Waals surface area contributed by atoms with Gasteiger partial charge < -0.3 is 19.7 Å². The largest absolute Gasteiger partial charge is 0.497 e. The first kappa shape index (κ1) is 15.4. The second kappa shape index (κ2) is 6.17. The summed E-state index contributed by atoms with van der Waals surface area (Å²) in [6, 6.07) is 8.95. The number of carbonyl (C=O) groups is 2. The Balaban J connectivity index is 2.64. The summed E-state index contributed by atoms with van der Waals surface area (Å²) >= 11 is 0. The van der Waals surface area contributed by atoms with Gasteiger partial charge in [0.1, 0.15) is 11.5 Å². The highest BCUT2D eigenvalue weighted by Crippen LogP contribution is 2.30. The van der Waals surface area contributed by atoms with Crippen molar-refractivity contribution in [2.45, 2.75) is 0 Å². The van der Waals surface area contributed by atoms with Crippen LogP contribution in [0.3, 0.4) is 0 Å². The van der Waals surface area contributed by atoms with Crippen molar-refractivity contribution in [1.29, 1.82) is 0 Å². The van der Waals surface area contributed by atoms with E-state index in [4.69, 9.17) is 19.7 Å². The van der Waals surface area contributed by atoms with Crippen molar-refractivity contribution in [3.05, 3.63) is 47.5 Å². The van der Waals surface area contributed by atoms with E-state index in [0.717, 1.165) is 0 Å². The Hall–Kier alpha value is -3.02. The van der Waals surface area contributed by atoms with Crippen molar-refractivity contribution < 1.29 is 29.3 Å². The van der Waals surface area contributed by atoms with Gasteiger partial charge in [-0.25, -0.2) is 9.59 Å². The first-order valence-corrected chi connectivity index (χ1v) is 6.29. The molecule has 0 atom stereocenters. The number of benzene rings is 2. The molecular formula is C16H14O6. The van der Waals surface area contributed by atoms with E-state index in [1.807, 2.05) is 0 Å². The third-order valence-electron chi connectivity index (χ3n) is 3.11. The van der Waals surface area contributed by atoms with E-state index < -0.39 is 11.9 Å². The summed E-state index contributed by atoms with van der Waals surface area (Å²) in [6.45, 7) is 0. The molecule has 0 aliphatic rings. The normalized spacial score (nSPS) is 10.1. The van der Waals surface area contributed by atoms with E-state index in [1.165, 1.54) is 38.5 Å². The lowest BCUT2D eigenvalue weighted by Crippen LogP contribution is -2.00. The summed E-state index contributed by atoms with van der Waals surface area (Å²) in [5.41, 5.74) is 1.15. The number of hydrogen-bond acceptors (Lipinski definition) is 4. The molecule has 0 aliphatic carbocycles. The molecule has 2 N–H and O–H groups in total. The fourth-order valence-corrected chi connectivity index (χ4v) is 2.01. The topological polar surface area (TPSA) is 93.1 Å². The SMILES string of the molecule is COc1cc(C(=O)O)cc(-c2cc(OC)cc(C(=O)O)c2)c1. The minimum absolute atomic E-state index is 0.0500. The first-order chi connectivity index (χ1) is 10.4. The van der Waals surface area contributed by atoms with Crippen LogP contribution >= 0.6 is 0 Å². The molecule has 0 fully saturated rings. The van der Waals surface area contributed by atoms with Crippen molar-refractivity contribution in [3.63, 3.8) is 0 Å². The van der Waals surface area contributed by atoms with Gasteiger partial charge in [-0.2, -0.15) is 0 Å². The maximum absolute atomic E-state index is 11.2.